The molecule has 1 unspecified atom stereocenters. The maximum absolute atomic E-state index is 5.42. The van der Waals surface area contributed by atoms with Gasteiger partial charge in [-0.25, -0.2) is 0 Å². The molecule has 0 radical (unpaired) electrons. The van der Waals surface area contributed by atoms with Gasteiger partial charge in [0, 0.05) is 32.0 Å². The molecule has 3 heterocycles. The van der Waals surface area contributed by atoms with Gasteiger partial charge in [0.05, 0.1) is 12.6 Å². The van der Waals surface area contributed by atoms with Crippen molar-refractivity contribution < 1.29 is 9.05 Å². The van der Waals surface area contributed by atoms with Crippen molar-refractivity contribution in [3.8, 4) is 0 Å². The molecule has 1 atom stereocenters. The van der Waals surface area contributed by atoms with Crippen LogP contribution in [0.15, 0.2) is 9.05 Å². The molecule has 1 saturated carbocycles. The van der Waals surface area contributed by atoms with Crippen molar-refractivity contribution >= 4 is 0 Å². The number of hydrogen-bond donors (Lipinski definition) is 0. The van der Waals surface area contributed by atoms with Crippen LogP contribution < -0.4 is 0 Å². The zero-order valence-corrected chi connectivity index (χ0v) is 15.0. The fourth-order valence-corrected chi connectivity index (χ4v) is 3.30. The largest absolute Gasteiger partial charge is 0.339 e. The Morgan fingerprint density at radius 2 is 1.88 bits per heavy atom. The number of aromatic nitrogens is 4. The molecule has 0 bridgehead atoms. The summed E-state index contributed by atoms with van der Waals surface area (Å²) in [4.78, 5) is 13.8. The second kappa shape index (κ2) is 7.21. The molecule has 8 nitrogen and oxygen atoms in total. The third-order valence-corrected chi connectivity index (χ3v) is 5.10. The van der Waals surface area contributed by atoms with Gasteiger partial charge in [-0.2, -0.15) is 9.97 Å². The Bertz CT molecular complexity index is 695. The Labute approximate surface area is 147 Å². The van der Waals surface area contributed by atoms with E-state index in [2.05, 4.69) is 37.0 Å². The summed E-state index contributed by atoms with van der Waals surface area (Å²) in [5, 5.41) is 8.16. The Kier molecular flexibility index (Phi) is 4.80. The number of hydrogen-bond acceptors (Lipinski definition) is 8. The molecule has 2 aromatic heterocycles. The van der Waals surface area contributed by atoms with E-state index in [-0.39, 0.29) is 6.04 Å². The van der Waals surface area contributed by atoms with Crippen LogP contribution in [0.25, 0.3) is 0 Å². The smallest absolute Gasteiger partial charge is 0.243 e. The van der Waals surface area contributed by atoms with Crippen molar-refractivity contribution in [3.05, 3.63) is 23.4 Å². The highest BCUT2D eigenvalue weighted by Crippen LogP contribution is 2.38. The third-order valence-electron chi connectivity index (χ3n) is 5.10. The molecule has 1 saturated heterocycles. The lowest BCUT2D eigenvalue weighted by Gasteiger charge is -2.24. The van der Waals surface area contributed by atoms with Crippen LogP contribution in [0.4, 0.5) is 0 Å². The van der Waals surface area contributed by atoms with E-state index in [0.29, 0.717) is 5.92 Å². The monoisotopic (exact) mass is 346 g/mol. The summed E-state index contributed by atoms with van der Waals surface area (Å²) in [7, 11) is 0. The summed E-state index contributed by atoms with van der Waals surface area (Å²) in [6.45, 7) is 8.96. The number of aryl methyl sites for hydroxylation is 1. The van der Waals surface area contributed by atoms with Gasteiger partial charge < -0.3 is 9.05 Å². The highest BCUT2D eigenvalue weighted by atomic mass is 16.5. The molecule has 1 aliphatic heterocycles. The van der Waals surface area contributed by atoms with Gasteiger partial charge in [0.2, 0.25) is 11.8 Å². The van der Waals surface area contributed by atoms with Crippen LogP contribution in [-0.4, -0.2) is 56.3 Å². The summed E-state index contributed by atoms with van der Waals surface area (Å²) in [6, 6.07) is 0.152. The highest BCUT2D eigenvalue weighted by molar-refractivity contribution is 5.01. The first-order valence-electron chi connectivity index (χ1n) is 9.34. The van der Waals surface area contributed by atoms with Crippen molar-refractivity contribution in [2.75, 3.05) is 26.2 Å². The minimum absolute atomic E-state index is 0.152. The molecule has 2 aromatic rings. The fraction of sp³-hybridized carbons (Fsp3) is 0.765. The van der Waals surface area contributed by atoms with Gasteiger partial charge in [0.25, 0.3) is 0 Å². The summed E-state index contributed by atoms with van der Waals surface area (Å²) in [6.07, 6.45) is 4.28. The normalized spacial score (nSPS) is 21.4. The molecule has 136 valence electrons. The van der Waals surface area contributed by atoms with E-state index in [0.717, 1.165) is 69.0 Å². The van der Waals surface area contributed by atoms with Crippen molar-refractivity contribution in [3.63, 3.8) is 0 Å². The number of nitrogens with zero attached hydrogens (tertiary/aromatic N) is 6. The summed E-state index contributed by atoms with van der Waals surface area (Å²) < 4.78 is 10.8. The predicted molar refractivity (Wildman–Crippen MR) is 89.8 cm³/mol. The van der Waals surface area contributed by atoms with Crippen LogP contribution in [0.2, 0.25) is 0 Å². The van der Waals surface area contributed by atoms with Crippen molar-refractivity contribution in [1.82, 2.24) is 30.1 Å². The van der Waals surface area contributed by atoms with Gasteiger partial charge in [-0.05, 0) is 32.7 Å². The van der Waals surface area contributed by atoms with Crippen molar-refractivity contribution in [1.29, 1.82) is 0 Å². The summed E-state index contributed by atoms with van der Waals surface area (Å²) >= 11 is 0. The summed E-state index contributed by atoms with van der Waals surface area (Å²) in [5.74, 6) is 3.65. The topological polar surface area (TPSA) is 84.3 Å². The predicted octanol–water partition coefficient (Wildman–Crippen LogP) is 2.16. The second-order valence-corrected chi connectivity index (χ2v) is 7.07. The van der Waals surface area contributed by atoms with E-state index in [1.54, 1.807) is 0 Å². The van der Waals surface area contributed by atoms with E-state index in [4.69, 9.17) is 9.05 Å². The molecule has 2 fully saturated rings. The maximum Gasteiger partial charge on any atom is 0.243 e. The van der Waals surface area contributed by atoms with Crippen LogP contribution in [0.3, 0.4) is 0 Å². The molecule has 0 spiro atoms. The SMILES string of the molecule is CCc1noc(C(C)N2CCCN(Cc3noc(C4CC4)n3)CC2)n1. The van der Waals surface area contributed by atoms with Crippen LogP contribution in [0.5, 0.6) is 0 Å². The zero-order valence-electron chi connectivity index (χ0n) is 15.0. The highest BCUT2D eigenvalue weighted by Gasteiger charge is 2.30. The van der Waals surface area contributed by atoms with Crippen LogP contribution in [0.1, 0.15) is 68.5 Å². The average molecular weight is 346 g/mol. The minimum atomic E-state index is 0.152. The standard InChI is InChI=1S/C17H26N6O2/c1-3-14-18-16(24-20-14)12(2)23-8-4-7-22(9-10-23)11-15-19-17(25-21-15)13-5-6-13/h12-13H,3-11H2,1-2H3. The third kappa shape index (κ3) is 3.90. The molecule has 8 heteroatoms. The first kappa shape index (κ1) is 16.7. The molecule has 2 aliphatic rings. The van der Waals surface area contributed by atoms with E-state index >= 15 is 0 Å². The Balaban J connectivity index is 1.32. The Hall–Kier alpha value is -1.80. The first-order valence-corrected chi connectivity index (χ1v) is 9.34. The molecule has 1 aliphatic carbocycles. The minimum Gasteiger partial charge on any atom is -0.339 e. The molecular formula is C17H26N6O2. The molecule has 4 rings (SSSR count). The van der Waals surface area contributed by atoms with Gasteiger partial charge in [-0.3, -0.25) is 9.80 Å². The quantitative estimate of drug-likeness (QED) is 0.787. The lowest BCUT2D eigenvalue weighted by atomic mass is 10.2. The van der Waals surface area contributed by atoms with Gasteiger partial charge in [0.1, 0.15) is 0 Å². The van der Waals surface area contributed by atoms with Crippen LogP contribution >= 0.6 is 0 Å². The molecule has 0 amide bonds. The van der Waals surface area contributed by atoms with Crippen molar-refractivity contribution in [2.24, 2.45) is 0 Å². The van der Waals surface area contributed by atoms with Gasteiger partial charge in [0.15, 0.2) is 11.6 Å². The van der Waals surface area contributed by atoms with Crippen molar-refractivity contribution in [2.45, 2.75) is 58.0 Å². The van der Waals surface area contributed by atoms with E-state index in [1.807, 2.05) is 6.92 Å². The summed E-state index contributed by atoms with van der Waals surface area (Å²) in [5.41, 5.74) is 0. The molecule has 0 aromatic carbocycles. The maximum atomic E-state index is 5.42. The van der Waals surface area contributed by atoms with Crippen LogP contribution in [-0.2, 0) is 13.0 Å². The van der Waals surface area contributed by atoms with Gasteiger partial charge in [-0.1, -0.05) is 17.2 Å². The molecule has 0 N–H and O–H groups in total. The fourth-order valence-electron chi connectivity index (χ4n) is 3.30. The van der Waals surface area contributed by atoms with E-state index < -0.39 is 0 Å². The van der Waals surface area contributed by atoms with E-state index in [9.17, 15) is 0 Å². The first-order chi connectivity index (χ1) is 12.2. The second-order valence-electron chi connectivity index (χ2n) is 7.07. The molecule has 25 heavy (non-hydrogen) atoms. The van der Waals surface area contributed by atoms with E-state index in [1.165, 1.54) is 12.8 Å². The average Bonchev–Trinajstić information content (AvgIpc) is 3.26. The zero-order chi connectivity index (χ0) is 17.2. The van der Waals surface area contributed by atoms with Crippen LogP contribution in [0, 0.1) is 0 Å². The lowest BCUT2D eigenvalue weighted by molar-refractivity contribution is 0.174. The Morgan fingerprint density at radius 3 is 2.64 bits per heavy atom. The van der Waals surface area contributed by atoms with Gasteiger partial charge >= 0.3 is 0 Å². The number of rotatable bonds is 6. The lowest BCUT2D eigenvalue weighted by Crippen LogP contribution is -2.32. The Morgan fingerprint density at radius 1 is 1.04 bits per heavy atom. The molecular weight excluding hydrogens is 320 g/mol. The van der Waals surface area contributed by atoms with Gasteiger partial charge in [-0.15, -0.1) is 0 Å².